The number of fused-ring (bicyclic) bond motifs is 1. The van der Waals surface area contributed by atoms with Crippen LogP contribution in [0.2, 0.25) is 0 Å². The van der Waals surface area contributed by atoms with Crippen LogP contribution in [-0.4, -0.2) is 44.9 Å². The molecule has 3 atom stereocenters. The first-order chi connectivity index (χ1) is 15.5. The van der Waals surface area contributed by atoms with Gasteiger partial charge in [-0.15, -0.1) is 0 Å². The van der Waals surface area contributed by atoms with Gasteiger partial charge in [-0.2, -0.15) is 5.10 Å². The van der Waals surface area contributed by atoms with Crippen molar-refractivity contribution in [2.75, 3.05) is 18.0 Å². The Kier molecular flexibility index (Phi) is 5.41. The van der Waals surface area contributed by atoms with Crippen LogP contribution in [0.15, 0.2) is 67.1 Å². The molecule has 3 heterocycles. The number of hydrogen-bond acceptors (Lipinski definition) is 5. The zero-order chi connectivity index (χ0) is 22.2. The molecule has 5 rings (SSSR count). The fourth-order valence-corrected chi connectivity index (χ4v) is 4.66. The molecule has 0 spiro atoms. The summed E-state index contributed by atoms with van der Waals surface area (Å²) in [5, 5.41) is 17.9. The van der Waals surface area contributed by atoms with Gasteiger partial charge in [-0.05, 0) is 55.7 Å². The molecule has 3 unspecified atom stereocenters. The molecule has 0 bridgehead atoms. The van der Waals surface area contributed by atoms with Gasteiger partial charge in [0.2, 0.25) is 0 Å². The van der Waals surface area contributed by atoms with E-state index in [1.54, 1.807) is 6.92 Å². The molecule has 0 aliphatic carbocycles. The molecule has 32 heavy (non-hydrogen) atoms. The first-order valence-corrected chi connectivity index (χ1v) is 11.2. The minimum Gasteiger partial charge on any atom is -0.389 e. The Morgan fingerprint density at radius 1 is 0.969 bits per heavy atom. The fraction of sp³-hybridized carbons (Fsp3) is 0.308. The molecular formula is C26H29N5O. The lowest BCUT2D eigenvalue weighted by molar-refractivity contribution is 0.199. The largest absolute Gasteiger partial charge is 0.389 e. The molecule has 1 aliphatic heterocycles. The quantitative estimate of drug-likeness (QED) is 0.508. The zero-order valence-electron chi connectivity index (χ0n) is 18.7. The standard InChI is InChI=1S/C26H29N5O/c1-17-12-27-13-18(2)31(17)24-9-7-20(8-10-24)23-14-28-26-25(15-29-30(26)16-23)22-6-4-5-21(11-22)19(3)32/h4-11,14-19,27,32H,12-13H2,1-3H3. The number of hydrogen-bond donors (Lipinski definition) is 2. The Balaban J connectivity index is 1.44. The van der Waals surface area contributed by atoms with E-state index in [0.717, 1.165) is 46.6 Å². The van der Waals surface area contributed by atoms with E-state index in [4.69, 9.17) is 4.98 Å². The van der Waals surface area contributed by atoms with Crippen molar-refractivity contribution < 1.29 is 5.11 Å². The summed E-state index contributed by atoms with van der Waals surface area (Å²) in [5.74, 6) is 0. The van der Waals surface area contributed by atoms with E-state index in [2.05, 4.69) is 53.4 Å². The van der Waals surface area contributed by atoms with E-state index < -0.39 is 6.10 Å². The minimum atomic E-state index is -0.508. The van der Waals surface area contributed by atoms with E-state index in [0.29, 0.717) is 12.1 Å². The maximum atomic E-state index is 9.91. The summed E-state index contributed by atoms with van der Waals surface area (Å²) in [5.41, 5.74) is 7.04. The molecular weight excluding hydrogens is 398 g/mol. The van der Waals surface area contributed by atoms with Crippen molar-refractivity contribution in [2.24, 2.45) is 0 Å². The van der Waals surface area contributed by atoms with E-state index in [1.165, 1.54) is 5.69 Å². The molecule has 1 saturated heterocycles. The van der Waals surface area contributed by atoms with Crippen LogP contribution in [0.25, 0.3) is 27.9 Å². The van der Waals surface area contributed by atoms with Gasteiger partial charge < -0.3 is 15.3 Å². The molecule has 6 nitrogen and oxygen atoms in total. The molecule has 0 radical (unpaired) electrons. The molecule has 2 N–H and O–H groups in total. The SMILES string of the molecule is CC(O)c1cccc(-c2cnn3cc(-c4ccc(N5C(C)CNCC5C)cc4)cnc23)c1. The lowest BCUT2D eigenvalue weighted by Gasteiger charge is -2.41. The number of piperazine rings is 1. The summed E-state index contributed by atoms with van der Waals surface area (Å²) in [6.07, 6.45) is 5.26. The Hall–Kier alpha value is -3.22. The number of aromatic nitrogens is 3. The summed E-state index contributed by atoms with van der Waals surface area (Å²) in [6, 6.07) is 17.6. The summed E-state index contributed by atoms with van der Waals surface area (Å²) in [6.45, 7) is 8.32. The molecule has 0 saturated carbocycles. The van der Waals surface area contributed by atoms with Gasteiger partial charge in [0.25, 0.3) is 0 Å². The normalized spacial score (nSPS) is 19.9. The average molecular weight is 428 g/mol. The van der Waals surface area contributed by atoms with Crippen LogP contribution in [-0.2, 0) is 0 Å². The molecule has 1 aliphatic rings. The number of aliphatic hydroxyl groups is 1. The lowest BCUT2D eigenvalue weighted by atomic mass is 10.0. The first kappa shape index (κ1) is 20.7. The van der Waals surface area contributed by atoms with Crippen LogP contribution in [0, 0.1) is 0 Å². The van der Waals surface area contributed by atoms with E-state index >= 15 is 0 Å². The number of benzene rings is 2. The first-order valence-electron chi connectivity index (χ1n) is 11.2. The monoisotopic (exact) mass is 427 g/mol. The summed E-state index contributed by atoms with van der Waals surface area (Å²) in [4.78, 5) is 7.21. The number of rotatable bonds is 4. The van der Waals surface area contributed by atoms with E-state index in [1.807, 2.05) is 47.4 Å². The molecule has 6 heteroatoms. The summed E-state index contributed by atoms with van der Waals surface area (Å²) in [7, 11) is 0. The van der Waals surface area contributed by atoms with Crippen LogP contribution < -0.4 is 10.2 Å². The highest BCUT2D eigenvalue weighted by Gasteiger charge is 2.24. The fourth-order valence-electron chi connectivity index (χ4n) is 4.66. The Morgan fingerprint density at radius 3 is 2.44 bits per heavy atom. The van der Waals surface area contributed by atoms with Crippen molar-refractivity contribution >= 4 is 11.3 Å². The van der Waals surface area contributed by atoms with Gasteiger partial charge in [-0.1, -0.05) is 30.3 Å². The number of aliphatic hydroxyl groups excluding tert-OH is 1. The average Bonchev–Trinajstić information content (AvgIpc) is 3.23. The van der Waals surface area contributed by atoms with Gasteiger partial charge in [0.05, 0.1) is 12.3 Å². The van der Waals surface area contributed by atoms with Crippen LogP contribution >= 0.6 is 0 Å². The van der Waals surface area contributed by atoms with Crippen molar-refractivity contribution in [2.45, 2.75) is 39.0 Å². The highest BCUT2D eigenvalue weighted by atomic mass is 16.3. The van der Waals surface area contributed by atoms with Crippen LogP contribution in [0.3, 0.4) is 0 Å². The summed E-state index contributed by atoms with van der Waals surface area (Å²) < 4.78 is 1.83. The topological polar surface area (TPSA) is 65.7 Å². The van der Waals surface area contributed by atoms with Crippen molar-refractivity contribution in [1.82, 2.24) is 19.9 Å². The van der Waals surface area contributed by atoms with Crippen LogP contribution in [0.4, 0.5) is 5.69 Å². The molecule has 4 aromatic rings. The Bertz CT molecular complexity index is 1220. The second-order valence-electron chi connectivity index (χ2n) is 8.78. The third-order valence-electron chi connectivity index (χ3n) is 6.36. The van der Waals surface area contributed by atoms with Crippen molar-refractivity contribution in [3.8, 4) is 22.3 Å². The second-order valence-corrected chi connectivity index (χ2v) is 8.78. The highest BCUT2D eigenvalue weighted by molar-refractivity contribution is 5.78. The number of nitrogens with zero attached hydrogens (tertiary/aromatic N) is 4. The Labute approximate surface area is 188 Å². The predicted molar refractivity (Wildman–Crippen MR) is 129 cm³/mol. The van der Waals surface area contributed by atoms with Gasteiger partial charge in [0.15, 0.2) is 5.65 Å². The third-order valence-corrected chi connectivity index (χ3v) is 6.36. The van der Waals surface area contributed by atoms with Crippen molar-refractivity contribution in [3.63, 3.8) is 0 Å². The van der Waals surface area contributed by atoms with Crippen molar-refractivity contribution in [1.29, 1.82) is 0 Å². The van der Waals surface area contributed by atoms with Crippen molar-refractivity contribution in [3.05, 3.63) is 72.7 Å². The smallest absolute Gasteiger partial charge is 0.162 e. The van der Waals surface area contributed by atoms with Gasteiger partial charge in [0.1, 0.15) is 0 Å². The maximum Gasteiger partial charge on any atom is 0.162 e. The maximum absolute atomic E-state index is 9.91. The molecule has 1 fully saturated rings. The minimum absolute atomic E-state index is 0.470. The Morgan fingerprint density at radius 2 is 1.72 bits per heavy atom. The van der Waals surface area contributed by atoms with Gasteiger partial charge >= 0.3 is 0 Å². The highest BCUT2D eigenvalue weighted by Crippen LogP contribution is 2.29. The number of nitrogens with one attached hydrogen (secondary N) is 1. The van der Waals surface area contributed by atoms with Gasteiger partial charge in [0, 0.05) is 54.4 Å². The van der Waals surface area contributed by atoms with E-state index in [9.17, 15) is 5.11 Å². The van der Waals surface area contributed by atoms with Crippen LogP contribution in [0.5, 0.6) is 0 Å². The van der Waals surface area contributed by atoms with E-state index in [-0.39, 0.29) is 0 Å². The summed E-state index contributed by atoms with van der Waals surface area (Å²) >= 11 is 0. The molecule has 2 aromatic heterocycles. The van der Waals surface area contributed by atoms with Crippen LogP contribution in [0.1, 0.15) is 32.4 Å². The predicted octanol–water partition coefficient (Wildman–Crippen LogP) is 4.30. The van der Waals surface area contributed by atoms with Gasteiger partial charge in [-0.3, -0.25) is 0 Å². The van der Waals surface area contributed by atoms with Gasteiger partial charge in [-0.25, -0.2) is 9.50 Å². The zero-order valence-corrected chi connectivity index (χ0v) is 18.7. The number of anilines is 1. The molecule has 164 valence electrons. The molecule has 2 aromatic carbocycles. The molecule has 0 amide bonds. The third kappa shape index (κ3) is 3.76. The lowest BCUT2D eigenvalue weighted by Crippen LogP contribution is -2.55. The second kappa shape index (κ2) is 8.37.